The van der Waals surface area contributed by atoms with Crippen molar-refractivity contribution >= 4 is 34.8 Å². The Kier molecular flexibility index (Phi) is 6.31. The molecule has 0 atom stereocenters. The van der Waals surface area contributed by atoms with Gasteiger partial charge in [0.25, 0.3) is 11.6 Å². The molecule has 0 bridgehead atoms. The number of likely N-dealkylation sites (tertiary alicyclic amines) is 1. The number of carbonyl (C=O) groups excluding carboxylic acids is 1. The molecule has 1 heterocycles. The lowest BCUT2D eigenvalue weighted by atomic mass is 10.0. The van der Waals surface area contributed by atoms with Gasteiger partial charge in [-0.2, -0.15) is 0 Å². The van der Waals surface area contributed by atoms with Crippen molar-refractivity contribution in [3.8, 4) is 0 Å². The quantitative estimate of drug-likeness (QED) is 0.589. The summed E-state index contributed by atoms with van der Waals surface area (Å²) in [7, 11) is 0. The van der Waals surface area contributed by atoms with Crippen LogP contribution in [0.3, 0.4) is 0 Å². The van der Waals surface area contributed by atoms with Gasteiger partial charge in [-0.3, -0.25) is 14.9 Å². The van der Waals surface area contributed by atoms with Gasteiger partial charge in [0.1, 0.15) is 12.1 Å². The number of nitro benzene ring substituents is 1. The lowest BCUT2D eigenvalue weighted by Gasteiger charge is -2.29. The summed E-state index contributed by atoms with van der Waals surface area (Å²) in [4.78, 5) is 24.5. The number of halogens is 2. The minimum Gasteiger partial charge on any atom is -0.349 e. The summed E-state index contributed by atoms with van der Waals surface area (Å²) in [5.74, 6) is -0.426. The number of quaternary nitrogens is 1. The average molecular weight is 409 g/mol. The van der Waals surface area contributed by atoms with Gasteiger partial charge < -0.3 is 10.2 Å². The molecule has 0 spiro atoms. The molecule has 0 aliphatic carbocycles. The summed E-state index contributed by atoms with van der Waals surface area (Å²) in [6.07, 6.45) is 1.66. The van der Waals surface area contributed by atoms with E-state index in [1.807, 2.05) is 24.3 Å². The number of nitro groups is 1. The second-order valence-corrected chi connectivity index (χ2v) is 7.59. The topological polar surface area (TPSA) is 76.7 Å². The molecule has 1 aliphatic heterocycles. The number of rotatable bonds is 5. The summed E-state index contributed by atoms with van der Waals surface area (Å²) in [5.41, 5.74) is 1.000. The Bertz CT molecular complexity index is 835. The predicted octanol–water partition coefficient (Wildman–Crippen LogP) is 2.88. The van der Waals surface area contributed by atoms with E-state index in [0.717, 1.165) is 37.5 Å². The molecule has 1 saturated heterocycles. The van der Waals surface area contributed by atoms with Gasteiger partial charge >= 0.3 is 0 Å². The molecule has 2 aromatic rings. The van der Waals surface area contributed by atoms with Gasteiger partial charge in [-0.05, 0) is 24.3 Å². The molecule has 0 unspecified atom stereocenters. The van der Waals surface area contributed by atoms with E-state index < -0.39 is 10.8 Å². The Balaban J connectivity index is 1.55. The van der Waals surface area contributed by atoms with Gasteiger partial charge in [-0.25, -0.2) is 0 Å². The van der Waals surface area contributed by atoms with E-state index in [-0.39, 0.29) is 22.3 Å². The lowest BCUT2D eigenvalue weighted by molar-refractivity contribution is -0.918. The standard InChI is InChI=1S/C19H19Cl2N3O3/c20-14-3-1-13(2-4-14)12-23-9-7-16(8-10-23)22-19(25)17-6-5-15(21)11-18(17)24(26)27/h1-6,11,16H,7-10,12H2,(H,22,25)/p+1. The minimum absolute atomic E-state index is 0.0155. The van der Waals surface area contributed by atoms with Gasteiger partial charge in [0.15, 0.2) is 0 Å². The van der Waals surface area contributed by atoms with Gasteiger partial charge in [0.2, 0.25) is 0 Å². The summed E-state index contributed by atoms with van der Waals surface area (Å²) >= 11 is 11.7. The number of piperidine rings is 1. The number of nitrogens with one attached hydrogen (secondary N) is 2. The fraction of sp³-hybridized carbons (Fsp3) is 0.316. The molecule has 27 heavy (non-hydrogen) atoms. The van der Waals surface area contributed by atoms with Crippen LogP contribution in [0.5, 0.6) is 0 Å². The first-order valence-electron chi connectivity index (χ1n) is 8.75. The molecule has 1 amide bonds. The number of carbonyl (C=O) groups is 1. The van der Waals surface area contributed by atoms with Gasteiger partial charge in [-0.15, -0.1) is 0 Å². The fourth-order valence-corrected chi connectivity index (χ4v) is 3.64. The lowest BCUT2D eigenvalue weighted by Crippen LogP contribution is -3.12. The van der Waals surface area contributed by atoms with Crippen LogP contribution in [0.25, 0.3) is 0 Å². The molecule has 142 valence electrons. The highest BCUT2D eigenvalue weighted by Crippen LogP contribution is 2.23. The fourth-order valence-electron chi connectivity index (χ4n) is 3.35. The maximum absolute atomic E-state index is 12.5. The monoisotopic (exact) mass is 408 g/mol. The Hall–Kier alpha value is -2.15. The zero-order valence-corrected chi connectivity index (χ0v) is 16.1. The maximum atomic E-state index is 12.5. The molecule has 0 radical (unpaired) electrons. The van der Waals surface area contributed by atoms with Crippen molar-refractivity contribution in [3.63, 3.8) is 0 Å². The third-order valence-corrected chi connectivity index (χ3v) is 5.28. The Morgan fingerprint density at radius 3 is 2.37 bits per heavy atom. The van der Waals surface area contributed by atoms with Crippen molar-refractivity contribution in [3.05, 3.63) is 73.8 Å². The molecule has 8 heteroatoms. The maximum Gasteiger partial charge on any atom is 0.283 e. The smallest absolute Gasteiger partial charge is 0.283 e. The number of hydrogen-bond acceptors (Lipinski definition) is 3. The summed E-state index contributed by atoms with van der Waals surface area (Å²) in [6, 6.07) is 12.0. The second-order valence-electron chi connectivity index (χ2n) is 6.72. The van der Waals surface area contributed by atoms with Crippen LogP contribution in [0, 0.1) is 10.1 Å². The number of amides is 1. The van der Waals surface area contributed by atoms with Crippen LogP contribution < -0.4 is 10.2 Å². The first-order valence-corrected chi connectivity index (χ1v) is 9.51. The SMILES string of the molecule is O=C(NC1CC[NH+](Cc2ccc(Cl)cc2)CC1)c1ccc(Cl)cc1[N+](=O)[O-]. The highest BCUT2D eigenvalue weighted by molar-refractivity contribution is 6.31. The van der Waals surface area contributed by atoms with Crippen LogP contribution in [-0.4, -0.2) is 30.0 Å². The van der Waals surface area contributed by atoms with Crippen molar-refractivity contribution in [1.82, 2.24) is 5.32 Å². The Morgan fingerprint density at radius 2 is 1.74 bits per heavy atom. The number of benzene rings is 2. The normalized spacial score (nSPS) is 19.5. The second kappa shape index (κ2) is 8.69. The van der Waals surface area contributed by atoms with E-state index in [0.29, 0.717) is 0 Å². The first-order chi connectivity index (χ1) is 12.9. The molecule has 0 aromatic heterocycles. The number of nitrogens with zero attached hydrogens (tertiary/aromatic N) is 1. The van der Waals surface area contributed by atoms with Crippen molar-refractivity contribution in [2.75, 3.05) is 13.1 Å². The van der Waals surface area contributed by atoms with Crippen molar-refractivity contribution in [1.29, 1.82) is 0 Å². The van der Waals surface area contributed by atoms with Crippen LogP contribution in [-0.2, 0) is 6.54 Å². The van der Waals surface area contributed by atoms with Gasteiger partial charge in [0.05, 0.1) is 18.0 Å². The van der Waals surface area contributed by atoms with Crippen LogP contribution in [0.1, 0.15) is 28.8 Å². The first kappa shape index (κ1) is 19.6. The van der Waals surface area contributed by atoms with E-state index in [9.17, 15) is 14.9 Å². The van der Waals surface area contributed by atoms with E-state index in [4.69, 9.17) is 23.2 Å². The molecule has 6 nitrogen and oxygen atoms in total. The molecular formula is C19H20Cl2N3O3+. The highest BCUT2D eigenvalue weighted by atomic mass is 35.5. The molecular weight excluding hydrogens is 389 g/mol. The summed E-state index contributed by atoms with van der Waals surface area (Å²) in [6.45, 7) is 2.77. The largest absolute Gasteiger partial charge is 0.349 e. The summed E-state index contributed by atoms with van der Waals surface area (Å²) < 4.78 is 0. The van der Waals surface area contributed by atoms with Crippen molar-refractivity contribution in [2.24, 2.45) is 0 Å². The van der Waals surface area contributed by atoms with Gasteiger partial charge in [-0.1, -0.05) is 35.3 Å². The van der Waals surface area contributed by atoms with Crippen LogP contribution in [0.4, 0.5) is 5.69 Å². The molecule has 1 aliphatic rings. The summed E-state index contributed by atoms with van der Waals surface area (Å²) in [5, 5.41) is 15.0. The van der Waals surface area contributed by atoms with E-state index in [2.05, 4.69) is 5.32 Å². The van der Waals surface area contributed by atoms with Crippen LogP contribution in [0.15, 0.2) is 42.5 Å². The van der Waals surface area contributed by atoms with Crippen LogP contribution >= 0.6 is 23.2 Å². The average Bonchev–Trinajstić information content (AvgIpc) is 2.65. The van der Waals surface area contributed by atoms with Crippen molar-refractivity contribution in [2.45, 2.75) is 25.4 Å². The van der Waals surface area contributed by atoms with E-state index in [1.54, 1.807) is 0 Å². The van der Waals surface area contributed by atoms with E-state index >= 15 is 0 Å². The molecule has 0 saturated carbocycles. The van der Waals surface area contributed by atoms with Crippen LogP contribution in [0.2, 0.25) is 10.0 Å². The zero-order chi connectivity index (χ0) is 19.4. The Labute approximate surface area is 167 Å². The molecule has 3 rings (SSSR count). The Morgan fingerprint density at radius 1 is 1.11 bits per heavy atom. The molecule has 1 fully saturated rings. The minimum atomic E-state index is -0.584. The number of hydrogen-bond donors (Lipinski definition) is 2. The van der Waals surface area contributed by atoms with Crippen molar-refractivity contribution < 1.29 is 14.6 Å². The van der Waals surface area contributed by atoms with Gasteiger partial charge in [0, 0.05) is 40.6 Å². The zero-order valence-electron chi connectivity index (χ0n) is 14.6. The predicted molar refractivity (Wildman–Crippen MR) is 104 cm³/mol. The highest BCUT2D eigenvalue weighted by Gasteiger charge is 2.26. The molecule has 2 aromatic carbocycles. The third-order valence-electron chi connectivity index (χ3n) is 4.80. The third kappa shape index (κ3) is 5.19. The molecule has 2 N–H and O–H groups in total. The van der Waals surface area contributed by atoms with E-state index in [1.165, 1.54) is 28.7 Å².